The SMILES string of the molecule is CSc1cc(N)n(Cc2ccccc2)n1. The van der Waals surface area contributed by atoms with Crippen LogP contribution < -0.4 is 5.73 Å². The molecule has 15 heavy (non-hydrogen) atoms. The number of nitrogen functional groups attached to an aromatic ring is 1. The van der Waals surface area contributed by atoms with Gasteiger partial charge in [-0.2, -0.15) is 5.10 Å². The molecule has 0 aliphatic carbocycles. The van der Waals surface area contributed by atoms with Crippen molar-refractivity contribution in [1.82, 2.24) is 9.78 Å². The van der Waals surface area contributed by atoms with Gasteiger partial charge in [-0.1, -0.05) is 30.3 Å². The molecule has 1 heterocycles. The summed E-state index contributed by atoms with van der Waals surface area (Å²) in [4.78, 5) is 0. The summed E-state index contributed by atoms with van der Waals surface area (Å²) in [5.74, 6) is 0.711. The fourth-order valence-corrected chi connectivity index (χ4v) is 1.81. The van der Waals surface area contributed by atoms with Gasteiger partial charge in [0.1, 0.15) is 10.8 Å². The van der Waals surface area contributed by atoms with Gasteiger partial charge in [0, 0.05) is 6.07 Å². The molecule has 0 unspecified atom stereocenters. The highest BCUT2D eigenvalue weighted by atomic mass is 32.2. The summed E-state index contributed by atoms with van der Waals surface area (Å²) in [7, 11) is 0. The van der Waals surface area contributed by atoms with Gasteiger partial charge in [0.05, 0.1) is 6.54 Å². The van der Waals surface area contributed by atoms with Crippen LogP contribution in [0.4, 0.5) is 5.82 Å². The van der Waals surface area contributed by atoms with E-state index < -0.39 is 0 Å². The molecule has 2 rings (SSSR count). The van der Waals surface area contributed by atoms with Crippen LogP contribution in [0.25, 0.3) is 0 Å². The van der Waals surface area contributed by atoms with Crippen LogP contribution >= 0.6 is 11.8 Å². The van der Waals surface area contributed by atoms with E-state index in [0.717, 1.165) is 11.6 Å². The van der Waals surface area contributed by atoms with Crippen LogP contribution in [-0.2, 0) is 6.54 Å². The fourth-order valence-electron chi connectivity index (χ4n) is 1.39. The Morgan fingerprint density at radius 3 is 2.67 bits per heavy atom. The molecule has 0 bridgehead atoms. The van der Waals surface area contributed by atoms with Crippen LogP contribution in [0.5, 0.6) is 0 Å². The Balaban J connectivity index is 2.21. The highest BCUT2D eigenvalue weighted by molar-refractivity contribution is 7.98. The smallest absolute Gasteiger partial charge is 0.123 e. The molecule has 4 heteroatoms. The van der Waals surface area contributed by atoms with Crippen molar-refractivity contribution in [3.63, 3.8) is 0 Å². The highest BCUT2D eigenvalue weighted by Gasteiger charge is 2.03. The van der Waals surface area contributed by atoms with E-state index in [1.807, 2.05) is 35.2 Å². The van der Waals surface area contributed by atoms with Gasteiger partial charge in [-0.3, -0.25) is 0 Å². The topological polar surface area (TPSA) is 43.8 Å². The van der Waals surface area contributed by atoms with Crippen molar-refractivity contribution in [1.29, 1.82) is 0 Å². The number of aromatic nitrogens is 2. The largest absolute Gasteiger partial charge is 0.384 e. The van der Waals surface area contributed by atoms with Crippen molar-refractivity contribution >= 4 is 17.6 Å². The Morgan fingerprint density at radius 1 is 1.33 bits per heavy atom. The van der Waals surface area contributed by atoms with Crippen LogP contribution in [0.1, 0.15) is 5.56 Å². The molecule has 0 amide bonds. The maximum atomic E-state index is 5.85. The monoisotopic (exact) mass is 219 g/mol. The van der Waals surface area contributed by atoms with Gasteiger partial charge in [0.15, 0.2) is 0 Å². The molecule has 2 aromatic rings. The first-order valence-electron chi connectivity index (χ1n) is 4.71. The number of hydrogen-bond donors (Lipinski definition) is 1. The minimum atomic E-state index is 0.711. The Bertz CT molecular complexity index is 436. The Kier molecular flexibility index (Phi) is 2.97. The van der Waals surface area contributed by atoms with E-state index in [2.05, 4.69) is 17.2 Å². The molecule has 0 fully saturated rings. The van der Waals surface area contributed by atoms with Crippen molar-refractivity contribution in [2.45, 2.75) is 11.6 Å². The summed E-state index contributed by atoms with van der Waals surface area (Å²) < 4.78 is 1.82. The molecule has 0 aliphatic heterocycles. The first-order chi connectivity index (χ1) is 7.29. The second-order valence-corrected chi connectivity index (χ2v) is 4.08. The van der Waals surface area contributed by atoms with Crippen molar-refractivity contribution in [3.05, 3.63) is 42.0 Å². The zero-order valence-corrected chi connectivity index (χ0v) is 9.37. The minimum absolute atomic E-state index is 0.711. The van der Waals surface area contributed by atoms with Crippen molar-refractivity contribution in [3.8, 4) is 0 Å². The average Bonchev–Trinajstić information content (AvgIpc) is 2.61. The average molecular weight is 219 g/mol. The molecule has 0 spiro atoms. The zero-order chi connectivity index (χ0) is 10.7. The summed E-state index contributed by atoms with van der Waals surface area (Å²) in [5.41, 5.74) is 7.06. The maximum absolute atomic E-state index is 5.85. The van der Waals surface area contributed by atoms with Gasteiger partial charge in [-0.05, 0) is 11.8 Å². The second kappa shape index (κ2) is 4.40. The van der Waals surface area contributed by atoms with Crippen LogP contribution in [0, 0.1) is 0 Å². The molecule has 0 aliphatic rings. The summed E-state index contributed by atoms with van der Waals surface area (Å²) in [6.07, 6.45) is 1.99. The van der Waals surface area contributed by atoms with E-state index in [-0.39, 0.29) is 0 Å². The lowest BCUT2D eigenvalue weighted by atomic mass is 10.2. The molecule has 1 aromatic heterocycles. The van der Waals surface area contributed by atoms with E-state index in [4.69, 9.17) is 5.73 Å². The number of nitrogens with zero attached hydrogens (tertiary/aromatic N) is 2. The number of hydrogen-bond acceptors (Lipinski definition) is 3. The zero-order valence-electron chi connectivity index (χ0n) is 8.55. The number of nitrogens with two attached hydrogens (primary N) is 1. The summed E-state index contributed by atoms with van der Waals surface area (Å²) >= 11 is 1.60. The molecular formula is C11H13N3S. The van der Waals surface area contributed by atoms with Crippen LogP contribution in [-0.4, -0.2) is 16.0 Å². The Morgan fingerprint density at radius 2 is 2.07 bits per heavy atom. The standard InChI is InChI=1S/C11H13N3S/c1-15-11-7-10(12)14(13-11)8-9-5-3-2-4-6-9/h2-7H,8,12H2,1H3. The second-order valence-electron chi connectivity index (χ2n) is 3.25. The van der Waals surface area contributed by atoms with Gasteiger partial charge >= 0.3 is 0 Å². The van der Waals surface area contributed by atoms with Gasteiger partial charge in [0.2, 0.25) is 0 Å². The van der Waals surface area contributed by atoms with Gasteiger partial charge in [-0.25, -0.2) is 4.68 Å². The van der Waals surface area contributed by atoms with Crippen molar-refractivity contribution in [2.24, 2.45) is 0 Å². The predicted molar refractivity (Wildman–Crippen MR) is 64.0 cm³/mol. The van der Waals surface area contributed by atoms with E-state index in [0.29, 0.717) is 5.82 Å². The third-order valence-corrected chi connectivity index (χ3v) is 2.79. The number of benzene rings is 1. The third kappa shape index (κ3) is 2.33. The molecule has 3 nitrogen and oxygen atoms in total. The third-order valence-electron chi connectivity index (χ3n) is 2.17. The van der Waals surface area contributed by atoms with Gasteiger partial charge in [0.25, 0.3) is 0 Å². The molecule has 0 saturated heterocycles. The summed E-state index contributed by atoms with van der Waals surface area (Å²) in [6, 6.07) is 12.1. The first-order valence-corrected chi connectivity index (χ1v) is 5.93. The van der Waals surface area contributed by atoms with Gasteiger partial charge in [-0.15, -0.1) is 11.8 Å². The van der Waals surface area contributed by atoms with E-state index in [9.17, 15) is 0 Å². The van der Waals surface area contributed by atoms with Crippen molar-refractivity contribution < 1.29 is 0 Å². The molecule has 0 radical (unpaired) electrons. The van der Waals surface area contributed by atoms with Crippen molar-refractivity contribution in [2.75, 3.05) is 12.0 Å². The van der Waals surface area contributed by atoms with E-state index >= 15 is 0 Å². The molecule has 78 valence electrons. The molecule has 0 atom stereocenters. The number of anilines is 1. The van der Waals surface area contributed by atoms with E-state index in [1.54, 1.807) is 11.8 Å². The van der Waals surface area contributed by atoms with Crippen LogP contribution in [0.3, 0.4) is 0 Å². The summed E-state index contributed by atoms with van der Waals surface area (Å²) in [6.45, 7) is 0.729. The highest BCUT2D eigenvalue weighted by Crippen LogP contribution is 2.17. The van der Waals surface area contributed by atoms with Crippen LogP contribution in [0.15, 0.2) is 41.4 Å². The number of rotatable bonds is 3. The lowest BCUT2D eigenvalue weighted by molar-refractivity contribution is 0.675. The number of thioether (sulfide) groups is 1. The summed E-state index contributed by atoms with van der Waals surface area (Å²) in [5, 5.41) is 5.34. The molecule has 2 N–H and O–H groups in total. The normalized spacial score (nSPS) is 10.5. The van der Waals surface area contributed by atoms with E-state index in [1.165, 1.54) is 5.56 Å². The Labute approximate surface area is 93.3 Å². The lowest BCUT2D eigenvalue weighted by Crippen LogP contribution is -2.05. The molecular weight excluding hydrogens is 206 g/mol. The molecule has 0 saturated carbocycles. The lowest BCUT2D eigenvalue weighted by Gasteiger charge is -2.03. The molecule has 1 aromatic carbocycles. The Hall–Kier alpha value is -1.42. The first kappa shape index (κ1) is 10.1. The fraction of sp³-hybridized carbons (Fsp3) is 0.182. The quantitative estimate of drug-likeness (QED) is 0.805. The van der Waals surface area contributed by atoms with Gasteiger partial charge < -0.3 is 5.73 Å². The maximum Gasteiger partial charge on any atom is 0.123 e. The van der Waals surface area contributed by atoms with Crippen LogP contribution in [0.2, 0.25) is 0 Å². The minimum Gasteiger partial charge on any atom is -0.384 e. The predicted octanol–water partition coefficient (Wildman–Crippen LogP) is 2.24.